The van der Waals surface area contributed by atoms with Crippen molar-refractivity contribution in [3.8, 4) is 0 Å². The van der Waals surface area contributed by atoms with Gasteiger partial charge in [-0.3, -0.25) is 10.1 Å². The van der Waals surface area contributed by atoms with Gasteiger partial charge in [-0.2, -0.15) is 0 Å². The molecular formula is C12H11ClN4O2. The van der Waals surface area contributed by atoms with Crippen molar-refractivity contribution >= 4 is 23.1 Å². The molecule has 0 spiro atoms. The van der Waals surface area contributed by atoms with Gasteiger partial charge < -0.3 is 5.32 Å². The van der Waals surface area contributed by atoms with Gasteiger partial charge in [0.25, 0.3) is 5.69 Å². The highest BCUT2D eigenvalue weighted by Crippen LogP contribution is 2.21. The zero-order valence-electron chi connectivity index (χ0n) is 10.1. The smallest absolute Gasteiger partial charge is 0.272 e. The Morgan fingerprint density at radius 3 is 2.74 bits per heavy atom. The topological polar surface area (TPSA) is 81.0 Å². The van der Waals surface area contributed by atoms with Gasteiger partial charge >= 0.3 is 0 Å². The highest BCUT2D eigenvalue weighted by molar-refractivity contribution is 6.29. The third kappa shape index (κ3) is 3.17. The van der Waals surface area contributed by atoms with Crippen LogP contribution >= 0.6 is 11.6 Å². The molecule has 7 heteroatoms. The lowest BCUT2D eigenvalue weighted by Crippen LogP contribution is -2.05. The van der Waals surface area contributed by atoms with E-state index < -0.39 is 0 Å². The number of nitro benzene ring substituents is 1. The summed E-state index contributed by atoms with van der Waals surface area (Å²) >= 11 is 5.63. The van der Waals surface area contributed by atoms with Gasteiger partial charge in [0.05, 0.1) is 4.92 Å². The zero-order chi connectivity index (χ0) is 13.8. The average Bonchev–Trinajstić information content (AvgIpc) is 2.39. The fourth-order valence-corrected chi connectivity index (χ4v) is 1.76. The van der Waals surface area contributed by atoms with Gasteiger partial charge in [-0.15, -0.1) is 10.2 Å². The number of hydrogen-bond acceptors (Lipinski definition) is 5. The van der Waals surface area contributed by atoms with Crippen molar-refractivity contribution in [1.29, 1.82) is 0 Å². The Kier molecular flexibility index (Phi) is 3.91. The van der Waals surface area contributed by atoms with Crippen LogP contribution in [0.3, 0.4) is 0 Å². The van der Waals surface area contributed by atoms with Gasteiger partial charge in [0, 0.05) is 18.2 Å². The largest absolute Gasteiger partial charge is 0.364 e. The molecular weight excluding hydrogens is 268 g/mol. The number of halogens is 1. The Bertz CT molecular complexity index is 601. The van der Waals surface area contributed by atoms with Crippen LogP contribution in [0.25, 0.3) is 0 Å². The van der Waals surface area contributed by atoms with Crippen molar-refractivity contribution in [2.45, 2.75) is 13.5 Å². The molecule has 0 bridgehead atoms. The minimum atomic E-state index is -0.388. The molecule has 1 N–H and O–H groups in total. The predicted molar refractivity (Wildman–Crippen MR) is 72.2 cm³/mol. The van der Waals surface area contributed by atoms with Gasteiger partial charge in [-0.05, 0) is 24.6 Å². The molecule has 19 heavy (non-hydrogen) atoms. The number of nitrogens with one attached hydrogen (secondary N) is 1. The molecule has 6 nitrogen and oxygen atoms in total. The summed E-state index contributed by atoms with van der Waals surface area (Å²) in [6, 6.07) is 8.30. The van der Waals surface area contributed by atoms with Gasteiger partial charge in [-0.25, -0.2) is 0 Å². The van der Waals surface area contributed by atoms with E-state index in [-0.39, 0.29) is 10.6 Å². The molecule has 0 aliphatic heterocycles. The van der Waals surface area contributed by atoms with E-state index in [1.807, 2.05) is 6.07 Å². The second kappa shape index (κ2) is 5.62. The van der Waals surface area contributed by atoms with Crippen molar-refractivity contribution in [3.63, 3.8) is 0 Å². The van der Waals surface area contributed by atoms with Crippen LogP contribution in [0.1, 0.15) is 11.1 Å². The maximum atomic E-state index is 10.8. The first kappa shape index (κ1) is 13.2. The summed E-state index contributed by atoms with van der Waals surface area (Å²) in [5.41, 5.74) is 1.59. The molecule has 0 amide bonds. The molecule has 0 aliphatic rings. The third-order valence-electron chi connectivity index (χ3n) is 2.71. The number of rotatable bonds is 4. The summed E-state index contributed by atoms with van der Waals surface area (Å²) in [5.74, 6) is 0.565. The van der Waals surface area contributed by atoms with Crippen LogP contribution in [0.4, 0.5) is 11.5 Å². The highest BCUT2D eigenvalue weighted by atomic mass is 35.5. The summed E-state index contributed by atoms with van der Waals surface area (Å²) in [6.45, 7) is 2.16. The van der Waals surface area contributed by atoms with Crippen LogP contribution in [0, 0.1) is 17.0 Å². The fraction of sp³-hybridized carbons (Fsp3) is 0.167. The molecule has 0 atom stereocenters. The van der Waals surface area contributed by atoms with Gasteiger partial charge in [0.2, 0.25) is 0 Å². The fourth-order valence-electron chi connectivity index (χ4n) is 1.66. The molecule has 1 aromatic heterocycles. The normalized spacial score (nSPS) is 10.2. The quantitative estimate of drug-likeness (QED) is 0.687. The van der Waals surface area contributed by atoms with Crippen molar-refractivity contribution in [2.24, 2.45) is 0 Å². The Hall–Kier alpha value is -2.21. The lowest BCUT2D eigenvalue weighted by atomic mass is 10.1. The van der Waals surface area contributed by atoms with E-state index in [9.17, 15) is 10.1 Å². The first-order chi connectivity index (χ1) is 9.08. The molecule has 0 fully saturated rings. The summed E-state index contributed by atoms with van der Waals surface area (Å²) in [6.07, 6.45) is 0. The summed E-state index contributed by atoms with van der Waals surface area (Å²) in [5, 5.41) is 21.7. The lowest BCUT2D eigenvalue weighted by Gasteiger charge is -2.08. The van der Waals surface area contributed by atoms with Crippen LogP contribution in [-0.4, -0.2) is 15.1 Å². The van der Waals surface area contributed by atoms with E-state index in [1.54, 1.807) is 25.1 Å². The highest BCUT2D eigenvalue weighted by Gasteiger charge is 2.12. The summed E-state index contributed by atoms with van der Waals surface area (Å²) in [7, 11) is 0. The molecule has 1 aromatic carbocycles. The van der Waals surface area contributed by atoms with E-state index in [1.165, 1.54) is 6.07 Å². The Labute approximate surface area is 114 Å². The minimum absolute atomic E-state index is 0.112. The molecule has 1 heterocycles. The molecule has 98 valence electrons. The van der Waals surface area contributed by atoms with E-state index in [0.29, 0.717) is 23.1 Å². The number of hydrogen-bond donors (Lipinski definition) is 1. The number of anilines is 1. The molecule has 0 saturated heterocycles. The standard InChI is InChI=1S/C12H11ClN4O2/c1-8-9(3-2-4-10(8)17(18)19)7-14-12-6-5-11(13)15-16-12/h2-6H,7H2,1H3,(H,14,16). The van der Waals surface area contributed by atoms with E-state index in [0.717, 1.165) is 5.56 Å². The van der Waals surface area contributed by atoms with Crippen LogP contribution < -0.4 is 5.32 Å². The monoisotopic (exact) mass is 278 g/mol. The SMILES string of the molecule is Cc1c(CNc2ccc(Cl)nn2)cccc1[N+](=O)[O-]. The van der Waals surface area contributed by atoms with Crippen molar-refractivity contribution < 1.29 is 4.92 Å². The van der Waals surface area contributed by atoms with E-state index in [2.05, 4.69) is 15.5 Å². The number of aromatic nitrogens is 2. The number of nitro groups is 1. The Morgan fingerprint density at radius 2 is 2.11 bits per heavy atom. The molecule has 0 radical (unpaired) electrons. The summed E-state index contributed by atoms with van der Waals surface area (Å²) in [4.78, 5) is 10.4. The number of nitrogens with zero attached hydrogens (tertiary/aromatic N) is 3. The second-order valence-corrected chi connectivity index (χ2v) is 4.30. The Morgan fingerprint density at radius 1 is 1.32 bits per heavy atom. The van der Waals surface area contributed by atoms with Crippen molar-refractivity contribution in [3.05, 3.63) is 56.7 Å². The maximum absolute atomic E-state index is 10.8. The first-order valence-corrected chi connectivity index (χ1v) is 5.91. The van der Waals surface area contributed by atoms with Crippen LogP contribution in [-0.2, 0) is 6.54 Å². The van der Waals surface area contributed by atoms with Crippen molar-refractivity contribution in [2.75, 3.05) is 5.32 Å². The minimum Gasteiger partial charge on any atom is -0.364 e. The first-order valence-electron chi connectivity index (χ1n) is 5.54. The predicted octanol–water partition coefficient (Wildman–Crippen LogP) is 2.96. The van der Waals surface area contributed by atoms with Gasteiger partial charge in [-0.1, -0.05) is 23.7 Å². The van der Waals surface area contributed by atoms with E-state index >= 15 is 0 Å². The molecule has 0 aliphatic carbocycles. The molecule has 0 saturated carbocycles. The van der Waals surface area contributed by atoms with Crippen LogP contribution in [0.5, 0.6) is 0 Å². The van der Waals surface area contributed by atoms with Crippen LogP contribution in [0.15, 0.2) is 30.3 Å². The lowest BCUT2D eigenvalue weighted by molar-refractivity contribution is -0.385. The summed E-state index contributed by atoms with van der Waals surface area (Å²) < 4.78 is 0. The van der Waals surface area contributed by atoms with Crippen LogP contribution in [0.2, 0.25) is 5.15 Å². The van der Waals surface area contributed by atoms with Gasteiger partial charge in [0.1, 0.15) is 5.82 Å². The zero-order valence-corrected chi connectivity index (χ0v) is 10.9. The average molecular weight is 279 g/mol. The molecule has 2 aromatic rings. The number of benzene rings is 1. The molecule has 0 unspecified atom stereocenters. The second-order valence-electron chi connectivity index (χ2n) is 3.91. The maximum Gasteiger partial charge on any atom is 0.272 e. The molecule has 2 rings (SSSR count). The Balaban J connectivity index is 2.13. The van der Waals surface area contributed by atoms with E-state index in [4.69, 9.17) is 11.6 Å². The third-order valence-corrected chi connectivity index (χ3v) is 2.91. The van der Waals surface area contributed by atoms with Gasteiger partial charge in [0.15, 0.2) is 5.15 Å². The van der Waals surface area contributed by atoms with Crippen molar-refractivity contribution in [1.82, 2.24) is 10.2 Å².